The highest BCUT2D eigenvalue weighted by Crippen LogP contribution is 2.42. The van der Waals surface area contributed by atoms with E-state index in [1.54, 1.807) is 24.5 Å². The predicted molar refractivity (Wildman–Crippen MR) is 112 cm³/mol. The fourth-order valence-corrected chi connectivity index (χ4v) is 3.23. The first-order valence-electron chi connectivity index (χ1n) is 8.67. The van der Waals surface area contributed by atoms with E-state index in [0.717, 1.165) is 22.4 Å². The minimum Gasteiger partial charge on any atom is -0.337 e. The third-order valence-corrected chi connectivity index (χ3v) is 4.48. The number of aromatic nitrogens is 2. The molecule has 4 rings (SSSR count). The van der Waals surface area contributed by atoms with Gasteiger partial charge >= 0.3 is 0 Å². The van der Waals surface area contributed by atoms with Gasteiger partial charge in [-0.25, -0.2) is 4.39 Å². The van der Waals surface area contributed by atoms with Gasteiger partial charge in [-0.3, -0.25) is 9.88 Å². The third-order valence-electron chi connectivity index (χ3n) is 4.29. The Morgan fingerprint density at radius 2 is 1.61 bits per heavy atom. The topological polar surface area (TPSA) is 42.2 Å². The van der Waals surface area contributed by atoms with Crippen LogP contribution in [0.2, 0.25) is 0 Å². The molecule has 0 aliphatic rings. The molecule has 0 fully saturated rings. The molecule has 0 aliphatic carbocycles. The van der Waals surface area contributed by atoms with Gasteiger partial charge in [-0.05, 0) is 61.0 Å². The van der Waals surface area contributed by atoms with Gasteiger partial charge < -0.3 is 4.52 Å². The van der Waals surface area contributed by atoms with E-state index < -0.39 is 0 Å². The lowest BCUT2D eigenvalue weighted by molar-refractivity contribution is 0.432. The summed E-state index contributed by atoms with van der Waals surface area (Å²) < 4.78 is 19.2. The maximum atomic E-state index is 13.4. The zero-order valence-electron chi connectivity index (χ0n) is 15.0. The highest BCUT2D eigenvalue weighted by Gasteiger charge is 2.26. The number of hydrogen-bond donors (Lipinski definition) is 0. The minimum absolute atomic E-state index is 0.307. The number of nitrogens with zero attached hydrogens (tertiary/aromatic N) is 3. The number of para-hydroxylation sites is 1. The van der Waals surface area contributed by atoms with Crippen molar-refractivity contribution in [3.63, 3.8) is 0 Å². The van der Waals surface area contributed by atoms with Gasteiger partial charge in [0.2, 0.25) is 5.88 Å². The van der Waals surface area contributed by atoms with Gasteiger partial charge in [0.1, 0.15) is 11.5 Å². The van der Waals surface area contributed by atoms with Crippen LogP contribution >= 0.6 is 12.2 Å². The molecule has 0 bridgehead atoms. The van der Waals surface area contributed by atoms with Gasteiger partial charge in [-0.15, -0.1) is 0 Å². The lowest BCUT2D eigenvalue weighted by atomic mass is 10.0. The molecule has 0 N–H and O–H groups in total. The average molecular weight is 389 g/mol. The molecule has 0 amide bonds. The largest absolute Gasteiger partial charge is 0.337 e. The summed E-state index contributed by atoms with van der Waals surface area (Å²) in [6.45, 7) is 1.83. The van der Waals surface area contributed by atoms with Crippen molar-refractivity contribution in [2.24, 2.45) is 0 Å². The lowest BCUT2D eigenvalue weighted by Crippen LogP contribution is -2.21. The van der Waals surface area contributed by atoms with Crippen LogP contribution in [0.1, 0.15) is 6.92 Å². The summed E-state index contributed by atoms with van der Waals surface area (Å²) in [5.41, 5.74) is 3.87. The maximum Gasteiger partial charge on any atom is 0.245 e. The molecule has 28 heavy (non-hydrogen) atoms. The van der Waals surface area contributed by atoms with Crippen LogP contribution in [-0.2, 0) is 0 Å². The summed E-state index contributed by atoms with van der Waals surface area (Å²) in [6, 6.07) is 19.6. The highest BCUT2D eigenvalue weighted by molar-refractivity contribution is 7.80. The van der Waals surface area contributed by atoms with Gasteiger partial charge in [0.15, 0.2) is 0 Å². The molecule has 6 heteroatoms. The minimum atomic E-state index is -0.307. The van der Waals surface area contributed by atoms with Crippen molar-refractivity contribution >= 4 is 28.8 Å². The van der Waals surface area contributed by atoms with Crippen LogP contribution < -0.4 is 4.90 Å². The van der Waals surface area contributed by atoms with Crippen LogP contribution in [0.15, 0.2) is 83.6 Å². The molecule has 2 aromatic heterocycles. The number of rotatable bonds is 4. The first-order valence-corrected chi connectivity index (χ1v) is 9.07. The van der Waals surface area contributed by atoms with Crippen molar-refractivity contribution < 1.29 is 8.91 Å². The molecule has 2 aromatic carbocycles. The maximum absolute atomic E-state index is 13.4. The zero-order valence-corrected chi connectivity index (χ0v) is 15.9. The first-order chi connectivity index (χ1) is 13.6. The molecule has 0 unspecified atom stereocenters. The number of pyridine rings is 1. The van der Waals surface area contributed by atoms with Crippen molar-refractivity contribution in [2.45, 2.75) is 6.92 Å². The molecular formula is C22H16FN3OS. The van der Waals surface area contributed by atoms with Gasteiger partial charge in [-0.2, -0.15) is 0 Å². The van der Waals surface area contributed by atoms with Crippen molar-refractivity contribution in [2.75, 3.05) is 4.90 Å². The van der Waals surface area contributed by atoms with Crippen LogP contribution in [0.5, 0.6) is 0 Å². The number of halogens is 1. The van der Waals surface area contributed by atoms with Gasteiger partial charge in [0, 0.05) is 23.6 Å². The second kappa shape index (κ2) is 7.70. The number of anilines is 2. The molecule has 4 nitrogen and oxygen atoms in total. The van der Waals surface area contributed by atoms with E-state index in [1.807, 2.05) is 54.3 Å². The average Bonchev–Trinajstić information content (AvgIpc) is 3.14. The van der Waals surface area contributed by atoms with E-state index in [0.29, 0.717) is 16.6 Å². The molecule has 2 heterocycles. The summed E-state index contributed by atoms with van der Waals surface area (Å²) in [7, 11) is 0. The van der Waals surface area contributed by atoms with E-state index in [1.165, 1.54) is 12.1 Å². The van der Waals surface area contributed by atoms with Crippen LogP contribution in [0.25, 0.3) is 22.4 Å². The Labute approximate surface area is 167 Å². The van der Waals surface area contributed by atoms with Crippen LogP contribution in [0, 0.1) is 5.82 Å². The van der Waals surface area contributed by atoms with Crippen molar-refractivity contribution in [3.05, 3.63) is 84.9 Å². The number of benzene rings is 2. The van der Waals surface area contributed by atoms with Crippen LogP contribution in [-0.4, -0.2) is 15.1 Å². The van der Waals surface area contributed by atoms with Crippen molar-refractivity contribution in [1.29, 1.82) is 0 Å². The Hall–Kier alpha value is -3.38. The van der Waals surface area contributed by atoms with E-state index >= 15 is 0 Å². The summed E-state index contributed by atoms with van der Waals surface area (Å²) in [5.74, 6) is 0.197. The third kappa shape index (κ3) is 3.42. The van der Waals surface area contributed by atoms with E-state index in [-0.39, 0.29) is 5.82 Å². The second-order valence-corrected chi connectivity index (χ2v) is 6.73. The molecule has 138 valence electrons. The SMILES string of the molecule is CC(=S)N(c1ccccc1)c1onc(-c2ccc(F)cc2)c1-c1ccncc1. The molecule has 0 spiro atoms. The van der Waals surface area contributed by atoms with Crippen molar-refractivity contribution in [3.8, 4) is 22.4 Å². The Morgan fingerprint density at radius 3 is 2.25 bits per heavy atom. The molecule has 0 aliphatic heterocycles. The monoisotopic (exact) mass is 389 g/mol. The molecule has 0 radical (unpaired) electrons. The summed E-state index contributed by atoms with van der Waals surface area (Å²) in [4.78, 5) is 6.55. The van der Waals surface area contributed by atoms with E-state index in [9.17, 15) is 4.39 Å². The fourth-order valence-electron chi connectivity index (χ4n) is 3.04. The summed E-state index contributed by atoms with van der Waals surface area (Å²) in [6.07, 6.45) is 3.41. The highest BCUT2D eigenvalue weighted by atomic mass is 32.1. The smallest absolute Gasteiger partial charge is 0.245 e. The van der Waals surface area contributed by atoms with Crippen LogP contribution in [0.4, 0.5) is 16.0 Å². The molecule has 0 saturated heterocycles. The molecular weight excluding hydrogens is 373 g/mol. The predicted octanol–water partition coefficient (Wildman–Crippen LogP) is 6.03. The quantitative estimate of drug-likeness (QED) is 0.399. The molecule has 4 aromatic rings. The number of thiocarbonyl (C=S) groups is 1. The van der Waals surface area contributed by atoms with Gasteiger partial charge in [0.05, 0.1) is 10.6 Å². The molecule has 0 atom stereocenters. The van der Waals surface area contributed by atoms with Crippen LogP contribution in [0.3, 0.4) is 0 Å². The Kier molecular flexibility index (Phi) is 4.95. The lowest BCUT2D eigenvalue weighted by Gasteiger charge is -2.21. The van der Waals surface area contributed by atoms with Gasteiger partial charge in [-0.1, -0.05) is 35.6 Å². The summed E-state index contributed by atoms with van der Waals surface area (Å²) >= 11 is 5.51. The summed E-state index contributed by atoms with van der Waals surface area (Å²) in [5, 5.41) is 4.30. The fraction of sp³-hybridized carbons (Fsp3) is 0.0455. The second-order valence-electron chi connectivity index (χ2n) is 6.14. The van der Waals surface area contributed by atoms with E-state index in [4.69, 9.17) is 16.7 Å². The Morgan fingerprint density at radius 1 is 0.929 bits per heavy atom. The zero-order chi connectivity index (χ0) is 19.5. The Bertz CT molecular complexity index is 1100. The molecule has 0 saturated carbocycles. The standard InChI is InChI=1S/C22H16FN3OS/c1-15(28)26(19-5-3-2-4-6-19)22-20(16-11-13-24-14-12-16)21(25-27-22)17-7-9-18(23)10-8-17/h2-14H,1H3. The first kappa shape index (κ1) is 18.0. The Balaban J connectivity index is 1.95. The normalized spacial score (nSPS) is 10.6. The van der Waals surface area contributed by atoms with Gasteiger partial charge in [0.25, 0.3) is 0 Å². The number of hydrogen-bond acceptors (Lipinski definition) is 4. The van der Waals surface area contributed by atoms with Crippen molar-refractivity contribution in [1.82, 2.24) is 10.1 Å². The van der Waals surface area contributed by atoms with E-state index in [2.05, 4.69) is 10.1 Å².